The average molecular weight is 1650 g/mol. The van der Waals surface area contributed by atoms with E-state index in [1.165, 1.54) is 256 Å². The van der Waals surface area contributed by atoms with Crippen LogP contribution in [0, 0.1) is 20.8 Å². The third-order valence-electron chi connectivity index (χ3n) is 27.6. The molecule has 0 spiro atoms. The monoisotopic (exact) mass is 1650 g/mol. The second kappa shape index (κ2) is 31.9. The van der Waals surface area contributed by atoms with Crippen LogP contribution in [0.25, 0.3) is 132 Å². The highest BCUT2D eigenvalue weighted by atomic mass is 15.2. The Morgan fingerprint density at radius 3 is 0.729 bits per heavy atom. The van der Waals surface area contributed by atoms with Crippen LogP contribution in [0.2, 0.25) is 0 Å². The normalized spacial score (nSPS) is 12.7. The lowest BCUT2D eigenvalue weighted by Crippen LogP contribution is -2.18. The minimum absolute atomic E-state index is 0.893. The van der Waals surface area contributed by atoms with Gasteiger partial charge in [0, 0.05) is 70.4 Å². The first kappa shape index (κ1) is 76.7. The maximum absolute atomic E-state index is 2.46. The summed E-state index contributed by atoms with van der Waals surface area (Å²) in [5.41, 5.74) is 49.5. The molecule has 0 fully saturated rings. The van der Waals surface area contributed by atoms with E-state index >= 15 is 0 Å². The molecule has 26 rings (SSSR count). The Morgan fingerprint density at radius 1 is 0.147 bits per heavy atom. The van der Waals surface area contributed by atoms with Gasteiger partial charge in [-0.25, -0.2) is 0 Å². The molecule has 0 unspecified atom stereocenters. The van der Waals surface area contributed by atoms with E-state index in [-0.39, 0.29) is 0 Å². The van der Waals surface area contributed by atoms with Crippen molar-refractivity contribution >= 4 is 94.3 Å². The quantitative estimate of drug-likeness (QED) is 0.143. The zero-order valence-corrected chi connectivity index (χ0v) is 72.4. The minimum atomic E-state index is 0.893. The summed E-state index contributed by atoms with van der Waals surface area (Å²) in [6, 6.07) is 162. The second-order valence-electron chi connectivity index (χ2n) is 35.7. The number of benzene rings is 21. The lowest BCUT2D eigenvalue weighted by molar-refractivity contribution is 1.09. The van der Waals surface area contributed by atoms with Crippen molar-refractivity contribution in [1.29, 1.82) is 0 Å². The second-order valence-corrected chi connectivity index (χ2v) is 35.7. The van der Waals surface area contributed by atoms with Crippen LogP contribution in [-0.4, -0.2) is 0 Å². The van der Waals surface area contributed by atoms with Gasteiger partial charge in [0.15, 0.2) is 0 Å². The zero-order chi connectivity index (χ0) is 85.7. The summed E-state index contributed by atoms with van der Waals surface area (Å²) >= 11 is 0. The van der Waals surface area contributed by atoms with Gasteiger partial charge in [-0.15, -0.1) is 0 Å². The van der Waals surface area contributed by atoms with Crippen molar-refractivity contribution < 1.29 is 0 Å². The Kier molecular flexibility index (Phi) is 19.0. The number of hydrogen-bond donors (Lipinski definition) is 0. The van der Waals surface area contributed by atoms with Gasteiger partial charge in [0.05, 0.1) is 0 Å². The summed E-state index contributed by atoms with van der Waals surface area (Å²) in [6.07, 6.45) is 4.72. The molecule has 0 atom stereocenters. The fourth-order valence-corrected chi connectivity index (χ4v) is 21.0. The van der Waals surface area contributed by atoms with Crippen LogP contribution < -0.4 is 14.7 Å². The molecular weight excluding hydrogens is 1560 g/mol. The first-order chi connectivity index (χ1) is 63.6. The van der Waals surface area contributed by atoms with E-state index in [2.05, 4.69) is 472 Å². The van der Waals surface area contributed by atoms with E-state index in [0.717, 1.165) is 32.1 Å². The van der Waals surface area contributed by atoms with Gasteiger partial charge >= 0.3 is 0 Å². The van der Waals surface area contributed by atoms with Crippen molar-refractivity contribution in [1.82, 2.24) is 0 Å². The largest absolute Gasteiger partial charge is 0.310 e. The van der Waals surface area contributed by atoms with Crippen LogP contribution in [0.15, 0.2) is 437 Å². The molecule has 3 heterocycles. The summed E-state index contributed by atoms with van der Waals surface area (Å²) in [4.78, 5) is 7.33. The Hall–Kier alpha value is -15.9. The van der Waals surface area contributed by atoms with Crippen LogP contribution in [0.5, 0.6) is 0 Å². The maximum Gasteiger partial charge on any atom is 0.0497 e. The minimum Gasteiger partial charge on any atom is -0.310 e. The molecule has 0 saturated carbocycles. The number of rotatable bonds is 9. The molecule has 3 aliphatic heterocycles. The van der Waals surface area contributed by atoms with Gasteiger partial charge in [-0.1, -0.05) is 332 Å². The van der Waals surface area contributed by atoms with Crippen molar-refractivity contribution in [2.24, 2.45) is 0 Å². The van der Waals surface area contributed by atoms with Crippen LogP contribution in [0.1, 0.15) is 72.3 Å². The van der Waals surface area contributed by atoms with E-state index in [1.807, 2.05) is 0 Å². The molecule has 2 aliphatic carbocycles. The molecule has 5 aliphatic rings. The third-order valence-corrected chi connectivity index (χ3v) is 27.6. The van der Waals surface area contributed by atoms with Crippen LogP contribution in [0.3, 0.4) is 0 Å². The SMILES string of the molecule is Cc1ccc(N2c3ccc(-c4ccc5c(c4)Cc4ccccc4-5)cc3Cc3cc(-c4ccc5c(c4)Cc4ccccc4-5)ccc32)cc1.Cc1ccc(N2c3ccc(-c4ccc5ccccc5c4)cc3Cc3cc(-c4ccc5ccccc5c4)ccc32)cc1.Cc1ccc(N2c3ccc(-c4cccc5ccccc45)cc3Cc3cc(-c4cccc5ccccc45)ccc32)cc1. The van der Waals surface area contributed by atoms with Gasteiger partial charge in [-0.05, 0) is 343 Å². The molecule has 21 aromatic carbocycles. The highest BCUT2D eigenvalue weighted by Crippen LogP contribution is 2.52. The standard InChI is InChI=1S/C46H33N.2C40H29N/c1-29-10-16-40(17-11-29)47-45-20-14-32(30-12-18-43-36(22-30)26-34-6-2-4-8-41(34)43)24-38(45)28-39-25-33(15-21-46(39)47)31-13-19-44-37(23-31)27-35-7-3-5-9-42(35)44;1-27-16-20-34(21-17-27)41-39-22-18-30(37-14-6-10-28-8-2-4-12-35(28)37)24-32(39)26-33-25-31(19-23-40(33)41)38-15-7-11-29-9-3-5-13-36(29)38;1-27-10-18-38(19-11-27)41-39-20-16-34(32-14-12-28-6-2-4-8-30(28)22-32)24-36(39)26-37-25-35(17-21-40(37)41)33-15-13-29-7-3-5-9-31(29)23-33/h2-25H,26-28H2,1H3;2*2-25H,26H2,1H3. The summed E-state index contributed by atoms with van der Waals surface area (Å²) in [5.74, 6) is 0. The van der Waals surface area contributed by atoms with Gasteiger partial charge < -0.3 is 14.7 Å². The lowest BCUT2D eigenvalue weighted by atomic mass is 9.88. The van der Waals surface area contributed by atoms with Crippen molar-refractivity contribution in [3.8, 4) is 89.0 Å². The van der Waals surface area contributed by atoms with Gasteiger partial charge in [0.1, 0.15) is 0 Å². The lowest BCUT2D eigenvalue weighted by Gasteiger charge is -2.34. The van der Waals surface area contributed by atoms with Crippen molar-refractivity contribution in [2.45, 2.75) is 52.9 Å². The number of fused-ring (bicyclic) bond motifs is 16. The van der Waals surface area contributed by atoms with E-state index < -0.39 is 0 Å². The molecule has 0 bridgehead atoms. The highest BCUT2D eigenvalue weighted by Gasteiger charge is 2.31. The summed E-state index contributed by atoms with van der Waals surface area (Å²) in [7, 11) is 0. The number of hydrogen-bond acceptors (Lipinski definition) is 3. The van der Waals surface area contributed by atoms with Gasteiger partial charge in [-0.2, -0.15) is 0 Å². The third kappa shape index (κ3) is 14.1. The van der Waals surface area contributed by atoms with E-state index in [1.54, 1.807) is 0 Å². The molecule has 610 valence electrons. The molecule has 0 N–H and O–H groups in total. The Balaban J connectivity index is 0.000000108. The fourth-order valence-electron chi connectivity index (χ4n) is 21.0. The number of nitrogens with zero attached hydrogens (tertiary/aromatic N) is 3. The topological polar surface area (TPSA) is 9.72 Å². The zero-order valence-electron chi connectivity index (χ0n) is 72.4. The number of anilines is 9. The molecule has 0 saturated heterocycles. The smallest absolute Gasteiger partial charge is 0.0497 e. The molecule has 129 heavy (non-hydrogen) atoms. The van der Waals surface area contributed by atoms with Crippen molar-refractivity contribution in [3.63, 3.8) is 0 Å². The van der Waals surface area contributed by atoms with Gasteiger partial charge in [0.2, 0.25) is 0 Å². The Morgan fingerprint density at radius 2 is 0.380 bits per heavy atom. The molecular formula is C126H91N3. The van der Waals surface area contributed by atoms with Crippen molar-refractivity contribution in [3.05, 3.63) is 509 Å². The molecule has 3 heteroatoms. The fraction of sp³-hybridized carbons (Fsp3) is 0.0635. The van der Waals surface area contributed by atoms with Crippen LogP contribution >= 0.6 is 0 Å². The van der Waals surface area contributed by atoms with E-state index in [0.29, 0.717) is 0 Å². The predicted octanol–water partition coefficient (Wildman–Crippen LogP) is 33.9. The molecule has 21 aromatic rings. The molecule has 0 radical (unpaired) electrons. The predicted molar refractivity (Wildman–Crippen MR) is 545 cm³/mol. The Labute approximate surface area is 754 Å². The summed E-state index contributed by atoms with van der Waals surface area (Å²) in [5, 5.41) is 10.2. The highest BCUT2D eigenvalue weighted by molar-refractivity contribution is 6.01. The average Bonchev–Trinajstić information content (AvgIpc) is 1.67. The summed E-state index contributed by atoms with van der Waals surface area (Å²) in [6.45, 7) is 6.45. The Bertz CT molecular complexity index is 7650. The van der Waals surface area contributed by atoms with Crippen LogP contribution in [0.4, 0.5) is 51.2 Å². The van der Waals surface area contributed by atoms with Gasteiger partial charge in [-0.3, -0.25) is 0 Å². The molecule has 0 aromatic heterocycles. The number of aryl methyl sites for hydroxylation is 3. The molecule has 3 nitrogen and oxygen atoms in total. The maximum atomic E-state index is 2.46. The summed E-state index contributed by atoms with van der Waals surface area (Å²) < 4.78 is 0. The first-order valence-corrected chi connectivity index (χ1v) is 45.3. The van der Waals surface area contributed by atoms with E-state index in [9.17, 15) is 0 Å². The van der Waals surface area contributed by atoms with Gasteiger partial charge in [0.25, 0.3) is 0 Å². The van der Waals surface area contributed by atoms with Crippen LogP contribution in [-0.2, 0) is 32.1 Å². The first-order valence-electron chi connectivity index (χ1n) is 45.3. The van der Waals surface area contributed by atoms with E-state index in [4.69, 9.17) is 0 Å². The van der Waals surface area contributed by atoms with Crippen molar-refractivity contribution in [2.75, 3.05) is 14.7 Å². The molecule has 0 amide bonds.